The Morgan fingerprint density at radius 1 is 1.14 bits per heavy atom. The van der Waals surface area contributed by atoms with Crippen LogP contribution in [0.25, 0.3) is 22.5 Å². The number of amides is 1. The van der Waals surface area contributed by atoms with Gasteiger partial charge in [-0.05, 0) is 36.8 Å². The zero-order valence-electron chi connectivity index (χ0n) is 20.8. The number of methoxy groups -OCH3 is 1. The molecule has 0 aliphatic carbocycles. The molecule has 2 aromatic heterocycles. The smallest absolute Gasteiger partial charge is 0.341 e. The maximum Gasteiger partial charge on any atom is 0.341 e. The molecule has 8 nitrogen and oxygen atoms in total. The number of aromatic nitrogens is 3. The maximum atomic E-state index is 13.4. The van der Waals surface area contributed by atoms with E-state index in [2.05, 4.69) is 15.5 Å². The van der Waals surface area contributed by atoms with Crippen molar-refractivity contribution in [1.82, 2.24) is 14.8 Å². The first-order valence-electron chi connectivity index (χ1n) is 11.4. The van der Waals surface area contributed by atoms with Crippen molar-refractivity contribution in [2.24, 2.45) is 0 Å². The zero-order chi connectivity index (χ0) is 26.5. The van der Waals surface area contributed by atoms with Crippen molar-refractivity contribution in [3.8, 4) is 22.5 Å². The van der Waals surface area contributed by atoms with Crippen LogP contribution >= 0.6 is 23.1 Å². The van der Waals surface area contributed by atoms with Gasteiger partial charge in [-0.15, -0.1) is 21.5 Å². The lowest BCUT2D eigenvalue weighted by Gasteiger charge is -2.14. The van der Waals surface area contributed by atoms with Crippen molar-refractivity contribution in [2.45, 2.75) is 18.6 Å². The van der Waals surface area contributed by atoms with Crippen LogP contribution in [0.2, 0.25) is 0 Å². The number of ether oxygens (including phenoxy) is 1. The monoisotopic (exact) mass is 539 g/mol. The van der Waals surface area contributed by atoms with E-state index in [-0.39, 0.29) is 23.0 Å². The molecule has 0 saturated heterocycles. The van der Waals surface area contributed by atoms with Gasteiger partial charge in [-0.1, -0.05) is 36.0 Å². The van der Waals surface area contributed by atoms with Crippen LogP contribution in [0.1, 0.15) is 17.3 Å². The SMILES string of the molecule is CCn1c(SCC(=O)Nc2scc(-c3ccc(F)cc3)c2C(=O)OC)nnc1-c1cccc(N(C)C)c1. The van der Waals surface area contributed by atoms with Crippen molar-refractivity contribution in [3.63, 3.8) is 0 Å². The van der Waals surface area contributed by atoms with Gasteiger partial charge in [-0.2, -0.15) is 0 Å². The van der Waals surface area contributed by atoms with Gasteiger partial charge in [0, 0.05) is 42.8 Å². The predicted molar refractivity (Wildman–Crippen MR) is 146 cm³/mol. The van der Waals surface area contributed by atoms with Gasteiger partial charge < -0.3 is 19.5 Å². The molecule has 0 fully saturated rings. The van der Waals surface area contributed by atoms with E-state index < -0.39 is 5.97 Å². The molecule has 4 rings (SSSR count). The summed E-state index contributed by atoms with van der Waals surface area (Å²) in [4.78, 5) is 27.4. The van der Waals surface area contributed by atoms with Crippen molar-refractivity contribution in [1.29, 1.82) is 0 Å². The molecule has 2 aromatic carbocycles. The molecule has 0 radical (unpaired) electrons. The standard InChI is InChI=1S/C26H26FN5O3S2/c1-5-32-23(17-7-6-8-19(13-17)31(2)3)29-30-26(32)37-15-21(33)28-24-22(25(34)35-4)20(14-36-24)16-9-11-18(27)12-10-16/h6-14H,5,15H2,1-4H3,(H,28,33). The van der Waals surface area contributed by atoms with Crippen molar-refractivity contribution in [3.05, 3.63) is 65.3 Å². The van der Waals surface area contributed by atoms with E-state index in [9.17, 15) is 14.0 Å². The van der Waals surface area contributed by atoms with Gasteiger partial charge in [0.1, 0.15) is 16.4 Å². The second-order valence-electron chi connectivity index (χ2n) is 8.18. The molecular weight excluding hydrogens is 513 g/mol. The Labute approximate surface area is 222 Å². The molecule has 0 aliphatic heterocycles. The van der Waals surface area contributed by atoms with E-state index in [1.165, 1.54) is 42.3 Å². The first kappa shape index (κ1) is 26.4. The van der Waals surface area contributed by atoms with Crippen LogP contribution in [-0.4, -0.2) is 53.6 Å². The highest BCUT2D eigenvalue weighted by Crippen LogP contribution is 2.36. The van der Waals surface area contributed by atoms with E-state index in [1.807, 2.05) is 54.8 Å². The second-order valence-corrected chi connectivity index (χ2v) is 10.0. The Bertz CT molecular complexity index is 1420. The number of nitrogens with zero attached hydrogens (tertiary/aromatic N) is 4. The molecule has 37 heavy (non-hydrogen) atoms. The first-order valence-corrected chi connectivity index (χ1v) is 13.3. The number of thioether (sulfide) groups is 1. The van der Waals surface area contributed by atoms with E-state index >= 15 is 0 Å². The quantitative estimate of drug-likeness (QED) is 0.225. The fourth-order valence-corrected chi connectivity index (χ4v) is 5.48. The van der Waals surface area contributed by atoms with Crippen molar-refractivity contribution >= 4 is 45.7 Å². The third-order valence-electron chi connectivity index (χ3n) is 5.57. The molecule has 0 saturated carbocycles. The lowest BCUT2D eigenvalue weighted by atomic mass is 10.0. The number of benzene rings is 2. The van der Waals surface area contributed by atoms with Crippen molar-refractivity contribution in [2.75, 3.05) is 37.2 Å². The number of nitrogens with one attached hydrogen (secondary N) is 1. The molecule has 192 valence electrons. The maximum absolute atomic E-state index is 13.4. The summed E-state index contributed by atoms with van der Waals surface area (Å²) in [5, 5.41) is 14.2. The molecule has 0 unspecified atom stereocenters. The molecule has 11 heteroatoms. The third-order valence-corrected chi connectivity index (χ3v) is 7.44. The highest BCUT2D eigenvalue weighted by molar-refractivity contribution is 7.99. The Hall–Kier alpha value is -3.70. The molecule has 4 aromatic rings. The molecule has 0 spiro atoms. The van der Waals surface area contributed by atoms with Gasteiger partial charge >= 0.3 is 5.97 Å². The highest BCUT2D eigenvalue weighted by Gasteiger charge is 2.23. The first-order chi connectivity index (χ1) is 17.8. The van der Waals surface area contributed by atoms with Gasteiger partial charge in [-0.3, -0.25) is 4.79 Å². The summed E-state index contributed by atoms with van der Waals surface area (Å²) in [6.45, 7) is 2.63. The van der Waals surface area contributed by atoms with E-state index in [4.69, 9.17) is 4.74 Å². The number of thiophene rings is 1. The lowest BCUT2D eigenvalue weighted by Crippen LogP contribution is -2.16. The molecule has 0 bridgehead atoms. The summed E-state index contributed by atoms with van der Waals surface area (Å²) >= 11 is 2.47. The summed E-state index contributed by atoms with van der Waals surface area (Å²) in [7, 11) is 5.23. The average molecular weight is 540 g/mol. The van der Waals surface area contributed by atoms with E-state index in [1.54, 1.807) is 17.5 Å². The van der Waals surface area contributed by atoms with Crippen LogP contribution < -0.4 is 10.2 Å². The number of hydrogen-bond acceptors (Lipinski definition) is 8. The average Bonchev–Trinajstić information content (AvgIpc) is 3.51. The van der Waals surface area contributed by atoms with E-state index in [0.29, 0.717) is 27.8 Å². The number of halogens is 1. The van der Waals surface area contributed by atoms with Gasteiger partial charge in [0.05, 0.1) is 12.9 Å². The molecule has 0 aliphatic rings. The Morgan fingerprint density at radius 2 is 1.89 bits per heavy atom. The van der Waals surface area contributed by atoms with Gasteiger partial charge in [0.25, 0.3) is 0 Å². The predicted octanol–water partition coefficient (Wildman–Crippen LogP) is 5.42. The summed E-state index contributed by atoms with van der Waals surface area (Å²) in [6.07, 6.45) is 0. The van der Waals surface area contributed by atoms with Crippen molar-refractivity contribution < 1.29 is 18.7 Å². The minimum Gasteiger partial charge on any atom is -0.465 e. The highest BCUT2D eigenvalue weighted by atomic mass is 32.2. The number of esters is 1. The van der Waals surface area contributed by atoms with Gasteiger partial charge in [0.2, 0.25) is 5.91 Å². The van der Waals surface area contributed by atoms with Gasteiger partial charge in [0.15, 0.2) is 11.0 Å². The van der Waals surface area contributed by atoms with Crippen LogP contribution in [0.5, 0.6) is 0 Å². The fraction of sp³-hybridized carbons (Fsp3) is 0.231. The lowest BCUT2D eigenvalue weighted by molar-refractivity contribution is -0.113. The second kappa shape index (κ2) is 11.6. The topological polar surface area (TPSA) is 89.3 Å². The zero-order valence-corrected chi connectivity index (χ0v) is 22.5. The molecule has 1 amide bonds. The summed E-state index contributed by atoms with van der Waals surface area (Å²) in [5.41, 5.74) is 3.43. The number of carbonyl (C=O) groups excluding carboxylic acids is 2. The minimum atomic E-state index is -0.584. The Kier molecular flexibility index (Phi) is 8.24. The third kappa shape index (κ3) is 5.83. The molecular formula is C26H26FN5O3S2. The largest absolute Gasteiger partial charge is 0.465 e. The van der Waals surface area contributed by atoms with Crippen LogP contribution in [0.3, 0.4) is 0 Å². The van der Waals surface area contributed by atoms with E-state index in [0.717, 1.165) is 17.1 Å². The number of hydrogen-bond donors (Lipinski definition) is 1. The van der Waals surface area contributed by atoms with Gasteiger partial charge in [-0.25, -0.2) is 9.18 Å². The van der Waals surface area contributed by atoms with Crippen LogP contribution in [-0.2, 0) is 16.1 Å². The van der Waals surface area contributed by atoms with Crippen LogP contribution in [0.15, 0.2) is 59.1 Å². The summed E-state index contributed by atoms with van der Waals surface area (Å²) in [5.74, 6) is -0.467. The normalized spacial score (nSPS) is 10.8. The Balaban J connectivity index is 1.50. The number of rotatable bonds is 9. The number of carbonyl (C=O) groups is 2. The summed E-state index contributed by atoms with van der Waals surface area (Å²) < 4.78 is 20.3. The number of anilines is 2. The summed E-state index contributed by atoms with van der Waals surface area (Å²) in [6, 6.07) is 13.8. The molecule has 2 heterocycles. The van der Waals surface area contributed by atoms with Crippen LogP contribution in [0, 0.1) is 5.82 Å². The minimum absolute atomic E-state index is 0.0697. The fourth-order valence-electron chi connectivity index (χ4n) is 3.71. The van der Waals surface area contributed by atoms with Crippen LogP contribution in [0.4, 0.5) is 15.1 Å². The Morgan fingerprint density at radius 3 is 2.57 bits per heavy atom. The molecule has 1 N–H and O–H groups in total. The molecule has 0 atom stereocenters.